The SMILES string of the molecule is CC(C)CCCCCCCCCCCCCCCCCC(=O)O[C@H](COC(=O)CCCCCCCCCCCCCC(C)C)COP(=O)(O)OCC(O)COP(=O)(O)OC[C@@H](COC(=O)CCCCCCCCCCC(C)C)OC(=O)CCCCCCCCC(C)C. The highest BCUT2D eigenvalue weighted by Crippen LogP contribution is 2.45. The van der Waals surface area contributed by atoms with Gasteiger partial charge in [-0.2, -0.15) is 0 Å². The monoisotopic (exact) mass is 1350 g/mol. The van der Waals surface area contributed by atoms with Crippen molar-refractivity contribution in [1.82, 2.24) is 0 Å². The van der Waals surface area contributed by atoms with Gasteiger partial charge in [0, 0.05) is 25.7 Å². The predicted molar refractivity (Wildman–Crippen MR) is 372 cm³/mol. The molecule has 0 aliphatic carbocycles. The third kappa shape index (κ3) is 66.7. The molecule has 0 spiro atoms. The van der Waals surface area contributed by atoms with E-state index < -0.39 is 97.5 Å². The van der Waals surface area contributed by atoms with Gasteiger partial charge in [-0.05, 0) is 49.4 Å². The van der Waals surface area contributed by atoms with Crippen molar-refractivity contribution in [3.05, 3.63) is 0 Å². The molecule has 0 aliphatic rings. The number of unbranched alkanes of at least 4 members (excludes halogenated alkanes) is 36. The zero-order valence-electron chi connectivity index (χ0n) is 60.2. The Balaban J connectivity index is 5.22. The third-order valence-electron chi connectivity index (χ3n) is 16.8. The molecule has 0 bridgehead atoms. The van der Waals surface area contributed by atoms with Gasteiger partial charge in [-0.1, -0.05) is 312 Å². The Labute approximate surface area is 562 Å². The summed E-state index contributed by atoms with van der Waals surface area (Å²) in [6.07, 6.45) is 46.1. The van der Waals surface area contributed by atoms with Gasteiger partial charge in [0.25, 0.3) is 0 Å². The molecule has 0 aliphatic heterocycles. The van der Waals surface area contributed by atoms with Crippen molar-refractivity contribution < 1.29 is 80.2 Å². The number of phosphoric acid groups is 2. The van der Waals surface area contributed by atoms with Crippen LogP contribution in [-0.2, 0) is 65.4 Å². The van der Waals surface area contributed by atoms with Gasteiger partial charge < -0.3 is 33.8 Å². The lowest BCUT2D eigenvalue weighted by molar-refractivity contribution is -0.161. The van der Waals surface area contributed by atoms with E-state index in [1.807, 2.05) is 0 Å². The van der Waals surface area contributed by atoms with Crippen molar-refractivity contribution >= 4 is 39.5 Å². The van der Waals surface area contributed by atoms with Crippen molar-refractivity contribution in [2.24, 2.45) is 23.7 Å². The maximum Gasteiger partial charge on any atom is 0.472 e. The Morgan fingerprint density at radius 3 is 0.674 bits per heavy atom. The van der Waals surface area contributed by atoms with Gasteiger partial charge in [0.15, 0.2) is 12.2 Å². The van der Waals surface area contributed by atoms with Gasteiger partial charge in [0.05, 0.1) is 26.4 Å². The first-order chi connectivity index (χ1) is 44.1. The molecule has 0 saturated heterocycles. The Hall–Kier alpha value is -1.94. The van der Waals surface area contributed by atoms with Crippen molar-refractivity contribution in [2.45, 2.75) is 382 Å². The molecule has 0 fully saturated rings. The smallest absolute Gasteiger partial charge is 0.462 e. The molecule has 92 heavy (non-hydrogen) atoms. The van der Waals surface area contributed by atoms with Gasteiger partial charge >= 0.3 is 39.5 Å². The summed E-state index contributed by atoms with van der Waals surface area (Å²) >= 11 is 0. The minimum atomic E-state index is -4.96. The molecule has 0 rings (SSSR count). The quantitative estimate of drug-likeness (QED) is 0.0222. The molecule has 0 aromatic carbocycles. The highest BCUT2D eigenvalue weighted by atomic mass is 31.2. The molecule has 0 amide bonds. The largest absolute Gasteiger partial charge is 0.472 e. The average Bonchev–Trinajstić information content (AvgIpc) is 1.80. The van der Waals surface area contributed by atoms with Gasteiger partial charge in [-0.25, -0.2) is 9.13 Å². The van der Waals surface area contributed by atoms with Crippen LogP contribution in [0.1, 0.15) is 364 Å². The predicted octanol–water partition coefficient (Wildman–Crippen LogP) is 20.9. The van der Waals surface area contributed by atoms with Gasteiger partial charge in [-0.15, -0.1) is 0 Å². The van der Waals surface area contributed by atoms with Gasteiger partial charge in [0.2, 0.25) is 0 Å². The standard InChI is InChI=1S/C73H142O17P2/c1-63(2)49-41-33-25-19-15-12-10-9-11-13-17-22-30-39-47-55-72(77)89-68(59-83-70(75)53-45-37-28-21-18-14-16-20-26-34-42-50-64(3)4)61-87-91(79,80)85-57-67(74)58-86-92(81,82)88-62-69(90-73(78)56-48-40-32-31-36-44-52-66(7)8)60-84-71(76)54-46-38-29-24-23-27-35-43-51-65(5)6/h63-69,74H,9-62H2,1-8H3,(H,79,80)(H,81,82)/t67?,68-,69-/m1/s1. The average molecular weight is 1350 g/mol. The van der Waals surface area contributed by atoms with E-state index in [0.29, 0.717) is 31.6 Å². The highest BCUT2D eigenvalue weighted by molar-refractivity contribution is 7.47. The van der Waals surface area contributed by atoms with Crippen LogP contribution in [0.4, 0.5) is 0 Å². The number of esters is 4. The molecule has 3 unspecified atom stereocenters. The molecular weight excluding hydrogens is 1210 g/mol. The van der Waals surface area contributed by atoms with E-state index in [2.05, 4.69) is 55.4 Å². The Morgan fingerprint density at radius 2 is 0.457 bits per heavy atom. The first-order valence-corrected chi connectivity index (χ1v) is 40.7. The number of phosphoric ester groups is 2. The van der Waals surface area contributed by atoms with Crippen molar-refractivity contribution in [1.29, 1.82) is 0 Å². The Kier molecular flexibility index (Phi) is 61.3. The summed E-state index contributed by atoms with van der Waals surface area (Å²) in [5.74, 6) is 0.840. The summed E-state index contributed by atoms with van der Waals surface area (Å²) < 4.78 is 68.3. The van der Waals surface area contributed by atoms with Crippen LogP contribution in [0.15, 0.2) is 0 Å². The first kappa shape index (κ1) is 90.1. The number of aliphatic hydroxyl groups excluding tert-OH is 1. The number of aliphatic hydroxyl groups is 1. The fraction of sp³-hybridized carbons (Fsp3) is 0.945. The summed E-state index contributed by atoms with van der Waals surface area (Å²) in [6.45, 7) is 14.1. The number of hydrogen-bond donors (Lipinski definition) is 3. The zero-order chi connectivity index (χ0) is 68.2. The zero-order valence-corrected chi connectivity index (χ0v) is 62.0. The molecule has 19 heteroatoms. The number of hydrogen-bond acceptors (Lipinski definition) is 15. The van der Waals surface area contributed by atoms with Gasteiger partial charge in [0.1, 0.15) is 19.3 Å². The summed E-state index contributed by atoms with van der Waals surface area (Å²) in [6, 6.07) is 0. The summed E-state index contributed by atoms with van der Waals surface area (Å²) in [7, 11) is -9.91. The molecule has 5 atom stereocenters. The third-order valence-corrected chi connectivity index (χ3v) is 18.7. The lowest BCUT2D eigenvalue weighted by Gasteiger charge is -2.21. The van der Waals surface area contributed by atoms with E-state index in [1.54, 1.807) is 0 Å². The second-order valence-electron chi connectivity index (χ2n) is 28.2. The Bertz CT molecular complexity index is 1820. The van der Waals surface area contributed by atoms with E-state index in [9.17, 15) is 43.2 Å². The number of carbonyl (C=O) groups excluding carboxylic acids is 4. The second kappa shape index (κ2) is 62.6. The number of rotatable bonds is 70. The normalized spacial score (nSPS) is 14.2. The van der Waals surface area contributed by atoms with Crippen LogP contribution in [0.3, 0.4) is 0 Å². The number of ether oxygens (including phenoxy) is 4. The first-order valence-electron chi connectivity index (χ1n) is 37.7. The van der Waals surface area contributed by atoms with E-state index in [1.165, 1.54) is 167 Å². The molecule has 0 saturated carbocycles. The van der Waals surface area contributed by atoms with Crippen molar-refractivity contribution in [2.75, 3.05) is 39.6 Å². The van der Waals surface area contributed by atoms with Crippen LogP contribution >= 0.6 is 15.6 Å². The summed E-state index contributed by atoms with van der Waals surface area (Å²) in [5.41, 5.74) is 0. The van der Waals surface area contributed by atoms with Crippen LogP contribution in [-0.4, -0.2) is 96.7 Å². The lowest BCUT2D eigenvalue weighted by Crippen LogP contribution is -2.30. The topological polar surface area (TPSA) is 237 Å². The van der Waals surface area contributed by atoms with Crippen LogP contribution in [0.5, 0.6) is 0 Å². The van der Waals surface area contributed by atoms with Gasteiger partial charge in [-0.3, -0.25) is 37.3 Å². The lowest BCUT2D eigenvalue weighted by atomic mass is 10.0. The molecule has 3 N–H and O–H groups in total. The van der Waals surface area contributed by atoms with Crippen molar-refractivity contribution in [3.63, 3.8) is 0 Å². The summed E-state index contributed by atoms with van der Waals surface area (Å²) in [4.78, 5) is 72.6. The molecule has 546 valence electrons. The maximum atomic E-state index is 13.1. The fourth-order valence-electron chi connectivity index (χ4n) is 11.0. The van der Waals surface area contributed by atoms with Crippen LogP contribution in [0.2, 0.25) is 0 Å². The maximum absolute atomic E-state index is 13.1. The van der Waals surface area contributed by atoms with Crippen LogP contribution in [0.25, 0.3) is 0 Å². The van der Waals surface area contributed by atoms with E-state index in [-0.39, 0.29) is 25.7 Å². The highest BCUT2D eigenvalue weighted by Gasteiger charge is 2.30. The number of carbonyl (C=O) groups is 4. The van der Waals surface area contributed by atoms with Crippen LogP contribution < -0.4 is 0 Å². The molecule has 0 radical (unpaired) electrons. The molecule has 17 nitrogen and oxygen atoms in total. The van der Waals surface area contributed by atoms with E-state index in [0.717, 1.165) is 108 Å². The Morgan fingerprint density at radius 1 is 0.272 bits per heavy atom. The minimum Gasteiger partial charge on any atom is -0.462 e. The van der Waals surface area contributed by atoms with Crippen molar-refractivity contribution in [3.8, 4) is 0 Å². The molecular formula is C73H142O17P2. The minimum absolute atomic E-state index is 0.101. The van der Waals surface area contributed by atoms with Crippen LogP contribution in [0, 0.1) is 23.7 Å². The molecule has 0 heterocycles. The molecule has 0 aromatic heterocycles. The van der Waals surface area contributed by atoms with E-state index >= 15 is 0 Å². The van der Waals surface area contributed by atoms with E-state index in [4.69, 9.17) is 37.0 Å². The second-order valence-corrected chi connectivity index (χ2v) is 31.1. The summed E-state index contributed by atoms with van der Waals surface area (Å²) in [5, 5.41) is 10.6. The fourth-order valence-corrected chi connectivity index (χ4v) is 12.6. The molecule has 0 aromatic rings.